The highest BCUT2D eigenvalue weighted by molar-refractivity contribution is 7.99. The van der Waals surface area contributed by atoms with E-state index in [1.807, 2.05) is 61.7 Å². The number of carbonyl (C=O) groups excluding carboxylic acids is 5. The Hall–Kier alpha value is -4.31. The van der Waals surface area contributed by atoms with Gasteiger partial charge in [0.1, 0.15) is 12.1 Å². The Bertz CT molecular complexity index is 1530. The van der Waals surface area contributed by atoms with Crippen molar-refractivity contribution < 1.29 is 24.0 Å². The van der Waals surface area contributed by atoms with Crippen molar-refractivity contribution in [1.82, 2.24) is 46.2 Å². The second-order valence-corrected chi connectivity index (χ2v) is 13.3. The summed E-state index contributed by atoms with van der Waals surface area (Å²) in [6.45, 7) is 4.32. The number of amides is 5. The molecule has 2 aliphatic heterocycles. The zero-order valence-corrected chi connectivity index (χ0v) is 27.3. The molecular formula is C30H37N9O5S2. The van der Waals surface area contributed by atoms with Crippen molar-refractivity contribution in [3.8, 4) is 5.69 Å². The van der Waals surface area contributed by atoms with Crippen LogP contribution in [0.5, 0.6) is 0 Å². The highest BCUT2D eigenvalue weighted by Crippen LogP contribution is 2.26. The van der Waals surface area contributed by atoms with Gasteiger partial charge in [0.05, 0.1) is 17.5 Å². The van der Waals surface area contributed by atoms with E-state index >= 15 is 0 Å². The quantitative estimate of drug-likeness (QED) is 0.244. The van der Waals surface area contributed by atoms with Gasteiger partial charge in [-0.15, -0.1) is 16.4 Å². The number of rotatable bonds is 12. The summed E-state index contributed by atoms with van der Waals surface area (Å²) >= 11 is 2.75. The normalized spacial score (nSPS) is 18.9. The van der Waals surface area contributed by atoms with Gasteiger partial charge in [-0.1, -0.05) is 49.9 Å². The van der Waals surface area contributed by atoms with Gasteiger partial charge >= 0.3 is 6.03 Å². The number of benzene rings is 1. The van der Waals surface area contributed by atoms with Crippen LogP contribution >= 0.6 is 23.1 Å². The molecule has 5 amide bonds. The molecule has 2 aromatic heterocycles. The molecule has 2 fully saturated rings. The highest BCUT2D eigenvalue weighted by Gasteiger charge is 2.45. The van der Waals surface area contributed by atoms with Crippen molar-refractivity contribution in [2.24, 2.45) is 5.92 Å². The number of nitrogens with zero attached hydrogens (tertiary/aromatic N) is 6. The molecule has 46 heavy (non-hydrogen) atoms. The van der Waals surface area contributed by atoms with Crippen LogP contribution in [0.25, 0.3) is 5.69 Å². The second-order valence-electron chi connectivity index (χ2n) is 11.4. The van der Waals surface area contributed by atoms with Crippen LogP contribution in [0.15, 0.2) is 53.0 Å². The Morgan fingerprint density at radius 2 is 1.89 bits per heavy atom. The average molecular weight is 668 g/mol. The first kappa shape index (κ1) is 33.1. The van der Waals surface area contributed by atoms with E-state index in [1.165, 1.54) is 14.7 Å². The standard InChI is InChI=1S/C30H37N9O5S2/c1-19(2)26(24(40)18-46-30-34-35-36-38(30)20-8-4-3-5-9-20)33-27(42)23-11-6-16-37-25(41)13-12-22(28(43)39(23)37)32-29(44)31-15-14-21-10-7-17-45-21/h3-5,7-10,17,19,22-23,26H,6,11-16,18H2,1-2H3,(H,33,42)(H2,31,32,44)/t22?,23-,26-/m0/s1. The highest BCUT2D eigenvalue weighted by atomic mass is 32.2. The number of urea groups is 1. The van der Waals surface area contributed by atoms with Gasteiger partial charge in [0, 0.05) is 24.4 Å². The fraction of sp³-hybridized carbons (Fsp3) is 0.467. The Morgan fingerprint density at radius 1 is 1.09 bits per heavy atom. The van der Waals surface area contributed by atoms with E-state index in [-0.39, 0.29) is 42.7 Å². The van der Waals surface area contributed by atoms with E-state index < -0.39 is 36.0 Å². The number of para-hydroxylation sites is 1. The number of nitrogens with one attached hydrogen (secondary N) is 3. The molecule has 5 rings (SSSR count). The SMILES string of the molecule is CC(C)[C@H](NC(=O)[C@@H]1CCCN2C(=O)CCC(NC(=O)NCCc3cccs3)C(=O)N12)C(=O)CSc1nnnn1-c1ccccc1. The van der Waals surface area contributed by atoms with E-state index in [9.17, 15) is 24.0 Å². The monoisotopic (exact) mass is 667 g/mol. The molecule has 244 valence electrons. The van der Waals surface area contributed by atoms with Gasteiger partial charge in [-0.05, 0) is 65.6 Å². The topological polar surface area (TPSA) is 172 Å². The first-order chi connectivity index (χ1) is 22.2. The van der Waals surface area contributed by atoms with E-state index in [0.29, 0.717) is 31.0 Å². The lowest BCUT2D eigenvalue weighted by atomic mass is 9.99. The molecule has 3 N–H and O–H groups in total. The van der Waals surface area contributed by atoms with Gasteiger partial charge < -0.3 is 16.0 Å². The van der Waals surface area contributed by atoms with Crippen molar-refractivity contribution in [3.63, 3.8) is 0 Å². The number of tetrazole rings is 1. The van der Waals surface area contributed by atoms with E-state index in [1.54, 1.807) is 11.3 Å². The Balaban J connectivity index is 1.23. The summed E-state index contributed by atoms with van der Waals surface area (Å²) in [7, 11) is 0. The predicted octanol–water partition coefficient (Wildman–Crippen LogP) is 1.96. The molecule has 1 aromatic carbocycles. The minimum atomic E-state index is -1.01. The summed E-state index contributed by atoms with van der Waals surface area (Å²) in [5, 5.41) is 25.0. The molecule has 0 spiro atoms. The lowest BCUT2D eigenvalue weighted by Gasteiger charge is -2.43. The number of hydrazine groups is 1. The number of hydrogen-bond donors (Lipinski definition) is 3. The summed E-state index contributed by atoms with van der Waals surface area (Å²) in [5.74, 6) is -1.84. The average Bonchev–Trinajstić information content (AvgIpc) is 3.74. The van der Waals surface area contributed by atoms with Crippen LogP contribution < -0.4 is 16.0 Å². The van der Waals surface area contributed by atoms with E-state index in [0.717, 1.165) is 22.3 Å². The van der Waals surface area contributed by atoms with Gasteiger partial charge in [0.15, 0.2) is 5.78 Å². The minimum absolute atomic E-state index is 0.00183. The van der Waals surface area contributed by atoms with Crippen LogP contribution in [-0.4, -0.2) is 96.7 Å². The number of thioether (sulfide) groups is 1. The molecule has 4 heterocycles. The fourth-order valence-corrected chi connectivity index (χ4v) is 6.98. The largest absolute Gasteiger partial charge is 0.344 e. The molecule has 3 atom stereocenters. The predicted molar refractivity (Wildman–Crippen MR) is 171 cm³/mol. The third-order valence-corrected chi connectivity index (χ3v) is 9.68. The molecule has 0 radical (unpaired) electrons. The number of ketones is 1. The smallest absolute Gasteiger partial charge is 0.315 e. The molecule has 2 saturated heterocycles. The van der Waals surface area contributed by atoms with Crippen molar-refractivity contribution in [2.75, 3.05) is 18.8 Å². The van der Waals surface area contributed by atoms with Crippen molar-refractivity contribution in [2.45, 2.75) is 69.2 Å². The van der Waals surface area contributed by atoms with Gasteiger partial charge in [-0.25, -0.2) is 9.80 Å². The molecular weight excluding hydrogens is 631 g/mol. The van der Waals surface area contributed by atoms with Crippen molar-refractivity contribution >= 4 is 52.6 Å². The van der Waals surface area contributed by atoms with E-state index in [4.69, 9.17) is 0 Å². The molecule has 1 unspecified atom stereocenters. The second kappa shape index (κ2) is 15.3. The van der Waals surface area contributed by atoms with Crippen LogP contribution in [0.1, 0.15) is 44.4 Å². The number of aromatic nitrogens is 4. The third kappa shape index (κ3) is 7.91. The van der Waals surface area contributed by atoms with Crippen LogP contribution in [0, 0.1) is 5.92 Å². The third-order valence-electron chi connectivity index (χ3n) is 7.80. The van der Waals surface area contributed by atoms with Crippen molar-refractivity contribution in [3.05, 3.63) is 52.7 Å². The first-order valence-electron chi connectivity index (χ1n) is 15.2. The Kier molecular flexibility index (Phi) is 11.0. The summed E-state index contributed by atoms with van der Waals surface area (Å²) in [6, 6.07) is 9.84. The van der Waals surface area contributed by atoms with Gasteiger partial charge in [-0.2, -0.15) is 4.68 Å². The van der Waals surface area contributed by atoms with Crippen LogP contribution in [-0.2, 0) is 25.6 Å². The summed E-state index contributed by atoms with van der Waals surface area (Å²) in [4.78, 5) is 67.8. The molecule has 16 heteroatoms. The van der Waals surface area contributed by atoms with E-state index in [2.05, 4.69) is 31.5 Å². The van der Waals surface area contributed by atoms with Gasteiger partial charge in [-0.3, -0.25) is 24.2 Å². The number of thiophene rings is 1. The molecule has 14 nitrogen and oxygen atoms in total. The van der Waals surface area contributed by atoms with Crippen LogP contribution in [0.3, 0.4) is 0 Å². The number of carbonyl (C=O) groups is 5. The molecule has 2 aliphatic rings. The molecule has 3 aromatic rings. The summed E-state index contributed by atoms with van der Waals surface area (Å²) < 4.78 is 1.54. The Labute approximate surface area is 274 Å². The van der Waals surface area contributed by atoms with Crippen molar-refractivity contribution in [1.29, 1.82) is 0 Å². The first-order valence-corrected chi connectivity index (χ1v) is 17.1. The summed E-state index contributed by atoms with van der Waals surface area (Å²) in [5.41, 5.74) is 0.748. The number of hydrogen-bond acceptors (Lipinski definition) is 10. The van der Waals surface area contributed by atoms with Crippen LogP contribution in [0.2, 0.25) is 0 Å². The minimum Gasteiger partial charge on any atom is -0.344 e. The number of Topliss-reactive ketones (excluding diaryl/α,β-unsaturated/α-hetero) is 1. The van der Waals surface area contributed by atoms with Gasteiger partial charge in [0.2, 0.25) is 17.0 Å². The lowest BCUT2D eigenvalue weighted by Crippen LogP contribution is -2.65. The summed E-state index contributed by atoms with van der Waals surface area (Å²) in [6.07, 6.45) is 1.63. The number of fused-ring (bicyclic) bond motifs is 1. The van der Waals surface area contributed by atoms with Gasteiger partial charge in [0.25, 0.3) is 5.91 Å². The maximum absolute atomic E-state index is 13.8. The zero-order valence-electron chi connectivity index (χ0n) is 25.6. The fourth-order valence-electron chi connectivity index (χ4n) is 5.46. The maximum Gasteiger partial charge on any atom is 0.315 e. The zero-order chi connectivity index (χ0) is 32.6. The molecule has 0 bridgehead atoms. The Morgan fingerprint density at radius 3 is 2.63 bits per heavy atom. The molecule has 0 aliphatic carbocycles. The maximum atomic E-state index is 13.8. The van der Waals surface area contributed by atoms with Crippen LogP contribution in [0.4, 0.5) is 4.79 Å². The lowest BCUT2D eigenvalue weighted by molar-refractivity contribution is -0.176. The molecule has 0 saturated carbocycles.